The number of halogens is 2. The normalized spacial score (nSPS) is 10.2. The molecule has 5 nitrogen and oxygen atoms in total. The minimum Gasteiger partial charge on any atom is -0.507 e. The lowest BCUT2D eigenvalue weighted by atomic mass is 10.1. The maximum absolute atomic E-state index is 13.6. The van der Waals surface area contributed by atoms with Crippen LogP contribution in [0.15, 0.2) is 36.4 Å². The largest absolute Gasteiger partial charge is 0.507 e. The fraction of sp³-hybridized carbons (Fsp3) is 0. The van der Waals surface area contributed by atoms with E-state index in [9.17, 15) is 19.1 Å². The summed E-state index contributed by atoms with van der Waals surface area (Å²) in [5.74, 6) is -3.41. The van der Waals surface area contributed by atoms with Crippen LogP contribution in [0, 0.1) is 5.82 Å². The Morgan fingerprint density at radius 1 is 1.19 bits per heavy atom. The summed E-state index contributed by atoms with van der Waals surface area (Å²) in [7, 11) is 0. The summed E-state index contributed by atoms with van der Waals surface area (Å²) in [6.45, 7) is 0. The molecular formula is C14H9ClFNO4. The van der Waals surface area contributed by atoms with Gasteiger partial charge in [0, 0.05) is 5.69 Å². The first kappa shape index (κ1) is 14.8. The molecular weight excluding hydrogens is 301 g/mol. The van der Waals surface area contributed by atoms with Crippen molar-refractivity contribution >= 4 is 29.2 Å². The predicted octanol–water partition coefficient (Wildman–Crippen LogP) is 3.14. The quantitative estimate of drug-likeness (QED) is 0.760. The maximum atomic E-state index is 13.6. The predicted molar refractivity (Wildman–Crippen MR) is 74.4 cm³/mol. The molecule has 0 aromatic heterocycles. The molecule has 2 rings (SSSR count). The maximum Gasteiger partial charge on any atom is 0.339 e. The lowest BCUT2D eigenvalue weighted by Crippen LogP contribution is -2.14. The van der Waals surface area contributed by atoms with Crippen molar-refractivity contribution in [3.63, 3.8) is 0 Å². The van der Waals surface area contributed by atoms with Crippen molar-refractivity contribution in [2.45, 2.75) is 0 Å². The molecule has 0 saturated heterocycles. The summed E-state index contributed by atoms with van der Waals surface area (Å²) in [6.07, 6.45) is 0. The van der Waals surface area contributed by atoms with Crippen molar-refractivity contribution in [2.75, 3.05) is 5.32 Å². The Bertz CT molecular complexity index is 713. The highest BCUT2D eigenvalue weighted by Gasteiger charge is 2.17. The van der Waals surface area contributed by atoms with Crippen LogP contribution in [0.2, 0.25) is 5.02 Å². The molecule has 2 aromatic carbocycles. The summed E-state index contributed by atoms with van der Waals surface area (Å²) in [5, 5.41) is 20.5. The van der Waals surface area contributed by atoms with Gasteiger partial charge in [-0.1, -0.05) is 17.7 Å². The number of benzene rings is 2. The molecule has 0 fully saturated rings. The fourth-order valence-corrected chi connectivity index (χ4v) is 1.94. The molecule has 0 radical (unpaired) electrons. The van der Waals surface area contributed by atoms with Crippen LogP contribution in [-0.2, 0) is 0 Å². The molecule has 0 bridgehead atoms. The summed E-state index contributed by atoms with van der Waals surface area (Å²) >= 11 is 5.76. The van der Waals surface area contributed by atoms with E-state index in [1.807, 2.05) is 0 Å². The number of hydrogen-bond acceptors (Lipinski definition) is 3. The minimum absolute atomic E-state index is 0.0651. The van der Waals surface area contributed by atoms with Gasteiger partial charge in [0.25, 0.3) is 5.91 Å². The van der Waals surface area contributed by atoms with E-state index in [-0.39, 0.29) is 21.8 Å². The number of aromatic carboxylic acids is 1. The van der Waals surface area contributed by atoms with Crippen LogP contribution >= 0.6 is 11.6 Å². The Labute approximate surface area is 123 Å². The van der Waals surface area contributed by atoms with Crippen molar-refractivity contribution < 1.29 is 24.2 Å². The van der Waals surface area contributed by atoms with Crippen molar-refractivity contribution in [1.29, 1.82) is 0 Å². The van der Waals surface area contributed by atoms with E-state index >= 15 is 0 Å². The number of rotatable bonds is 3. The molecule has 0 atom stereocenters. The summed E-state index contributed by atoms with van der Waals surface area (Å²) < 4.78 is 13.6. The Hall–Kier alpha value is -2.60. The Morgan fingerprint density at radius 3 is 2.52 bits per heavy atom. The van der Waals surface area contributed by atoms with E-state index in [1.54, 1.807) is 0 Å². The molecule has 0 aliphatic carbocycles. The monoisotopic (exact) mass is 309 g/mol. The topological polar surface area (TPSA) is 86.6 Å². The number of carboxylic acids is 1. The molecule has 0 aliphatic rings. The van der Waals surface area contributed by atoms with Crippen molar-refractivity contribution in [3.8, 4) is 5.75 Å². The zero-order valence-electron chi connectivity index (χ0n) is 10.4. The van der Waals surface area contributed by atoms with E-state index in [2.05, 4.69) is 5.32 Å². The van der Waals surface area contributed by atoms with Gasteiger partial charge in [-0.2, -0.15) is 0 Å². The molecule has 0 unspecified atom stereocenters. The third-order valence-electron chi connectivity index (χ3n) is 2.67. The second kappa shape index (κ2) is 5.80. The molecule has 108 valence electrons. The van der Waals surface area contributed by atoms with Gasteiger partial charge in [0.15, 0.2) is 0 Å². The van der Waals surface area contributed by atoms with Crippen LogP contribution in [0.5, 0.6) is 5.75 Å². The van der Waals surface area contributed by atoms with E-state index in [0.717, 1.165) is 18.2 Å². The first-order valence-corrected chi connectivity index (χ1v) is 6.09. The molecule has 21 heavy (non-hydrogen) atoms. The zero-order valence-corrected chi connectivity index (χ0v) is 11.2. The summed E-state index contributed by atoms with van der Waals surface area (Å²) in [5.41, 5.74) is -0.633. The van der Waals surface area contributed by atoms with Crippen LogP contribution < -0.4 is 5.32 Å². The zero-order chi connectivity index (χ0) is 15.6. The van der Waals surface area contributed by atoms with Gasteiger partial charge in [0.1, 0.15) is 17.1 Å². The smallest absolute Gasteiger partial charge is 0.339 e. The molecule has 2 aromatic rings. The number of nitrogens with one attached hydrogen (secondary N) is 1. The van der Waals surface area contributed by atoms with Crippen molar-refractivity contribution in [3.05, 3.63) is 58.4 Å². The second-order valence-corrected chi connectivity index (χ2v) is 4.50. The molecule has 0 aliphatic heterocycles. The van der Waals surface area contributed by atoms with E-state index in [4.69, 9.17) is 16.7 Å². The number of anilines is 1. The molecule has 0 saturated carbocycles. The number of aromatic hydroxyl groups is 1. The van der Waals surface area contributed by atoms with Crippen LogP contribution in [0.1, 0.15) is 20.7 Å². The SMILES string of the molecule is O=C(O)c1cc(NC(=O)c2c(F)cccc2Cl)ccc1O. The van der Waals surface area contributed by atoms with E-state index in [0.29, 0.717) is 0 Å². The molecule has 3 N–H and O–H groups in total. The van der Waals surface area contributed by atoms with Gasteiger partial charge < -0.3 is 15.5 Å². The van der Waals surface area contributed by atoms with Gasteiger partial charge in [0.2, 0.25) is 0 Å². The lowest BCUT2D eigenvalue weighted by molar-refractivity contribution is 0.0693. The molecule has 1 amide bonds. The van der Waals surface area contributed by atoms with Gasteiger partial charge in [0.05, 0.1) is 10.6 Å². The van der Waals surface area contributed by atoms with Crippen molar-refractivity contribution in [2.24, 2.45) is 0 Å². The van der Waals surface area contributed by atoms with Gasteiger partial charge in [-0.15, -0.1) is 0 Å². The molecule has 7 heteroatoms. The summed E-state index contributed by atoms with van der Waals surface area (Å²) in [4.78, 5) is 22.9. The Morgan fingerprint density at radius 2 is 1.90 bits per heavy atom. The fourth-order valence-electron chi connectivity index (χ4n) is 1.69. The van der Waals surface area contributed by atoms with Gasteiger partial charge in [-0.05, 0) is 30.3 Å². The van der Waals surface area contributed by atoms with Gasteiger partial charge in [-0.3, -0.25) is 4.79 Å². The summed E-state index contributed by atoms with van der Waals surface area (Å²) in [6, 6.07) is 7.26. The number of carbonyl (C=O) groups is 2. The number of hydrogen-bond donors (Lipinski definition) is 3. The molecule has 0 spiro atoms. The van der Waals surface area contributed by atoms with Crippen LogP contribution in [-0.4, -0.2) is 22.1 Å². The lowest BCUT2D eigenvalue weighted by Gasteiger charge is -2.09. The van der Waals surface area contributed by atoms with Crippen LogP contribution in [0.4, 0.5) is 10.1 Å². The minimum atomic E-state index is -1.35. The second-order valence-electron chi connectivity index (χ2n) is 4.09. The van der Waals surface area contributed by atoms with Crippen LogP contribution in [0.25, 0.3) is 0 Å². The highest BCUT2D eigenvalue weighted by molar-refractivity contribution is 6.34. The van der Waals surface area contributed by atoms with E-state index < -0.39 is 23.4 Å². The number of carboxylic acid groups (broad SMARTS) is 1. The average molecular weight is 310 g/mol. The Kier molecular flexibility index (Phi) is 4.09. The highest BCUT2D eigenvalue weighted by Crippen LogP contribution is 2.24. The van der Waals surface area contributed by atoms with E-state index in [1.165, 1.54) is 18.2 Å². The third-order valence-corrected chi connectivity index (χ3v) is 2.99. The number of carbonyl (C=O) groups excluding carboxylic acids is 1. The first-order valence-electron chi connectivity index (χ1n) is 5.72. The average Bonchev–Trinajstić information content (AvgIpc) is 2.40. The number of amides is 1. The van der Waals surface area contributed by atoms with Gasteiger partial charge in [-0.25, -0.2) is 9.18 Å². The Balaban J connectivity index is 2.32. The van der Waals surface area contributed by atoms with Crippen LogP contribution in [0.3, 0.4) is 0 Å². The standard InChI is InChI=1S/C14H9ClFNO4/c15-9-2-1-3-10(16)12(9)13(19)17-7-4-5-11(18)8(6-7)14(20)21/h1-6,18H,(H,17,19)(H,20,21). The van der Waals surface area contributed by atoms with Crippen molar-refractivity contribution in [1.82, 2.24) is 0 Å². The highest BCUT2D eigenvalue weighted by atomic mass is 35.5. The molecule has 0 heterocycles. The third kappa shape index (κ3) is 3.11. The first-order chi connectivity index (χ1) is 9.90. The van der Waals surface area contributed by atoms with Gasteiger partial charge >= 0.3 is 5.97 Å². The number of phenols is 1.